The standard InChI is InChI=1S/C29H49FO4/c1-3-4-5-6-7-8-9-10-11-12-13-14-15-16-17-18-21-33-25-27(23-31)34-24-26-19-20-29(32-2)28(30)22-26/h10-11,19-20,22,27,31H,3-9,12-18,21,23-25H2,1-2H3/b11-10-. The van der Waals surface area contributed by atoms with Gasteiger partial charge >= 0.3 is 0 Å². The molecule has 0 saturated carbocycles. The first kappa shape index (κ1) is 30.6. The van der Waals surface area contributed by atoms with Gasteiger partial charge in [-0.2, -0.15) is 0 Å². The summed E-state index contributed by atoms with van der Waals surface area (Å²) in [5.74, 6) is -0.207. The van der Waals surface area contributed by atoms with Gasteiger partial charge in [0.25, 0.3) is 0 Å². The van der Waals surface area contributed by atoms with Crippen molar-refractivity contribution in [2.45, 2.75) is 110 Å². The first-order valence-electron chi connectivity index (χ1n) is 13.5. The molecule has 1 unspecified atom stereocenters. The minimum absolute atomic E-state index is 0.119. The van der Waals surface area contributed by atoms with Crippen molar-refractivity contribution in [2.24, 2.45) is 0 Å². The maximum absolute atomic E-state index is 13.7. The number of halogens is 1. The van der Waals surface area contributed by atoms with Crippen LogP contribution in [0.25, 0.3) is 0 Å². The minimum atomic E-state index is -0.416. The van der Waals surface area contributed by atoms with E-state index >= 15 is 0 Å². The molecular weight excluding hydrogens is 431 g/mol. The molecule has 4 nitrogen and oxygen atoms in total. The van der Waals surface area contributed by atoms with E-state index in [2.05, 4.69) is 19.1 Å². The first-order valence-corrected chi connectivity index (χ1v) is 13.5. The first-order chi connectivity index (χ1) is 16.7. The van der Waals surface area contributed by atoms with E-state index in [-0.39, 0.29) is 19.0 Å². The van der Waals surface area contributed by atoms with Gasteiger partial charge < -0.3 is 19.3 Å². The molecule has 5 heteroatoms. The number of benzene rings is 1. The fraction of sp³-hybridized carbons (Fsp3) is 0.724. The lowest BCUT2D eigenvalue weighted by Crippen LogP contribution is -2.24. The van der Waals surface area contributed by atoms with Crippen LogP contribution in [0.5, 0.6) is 5.75 Å². The molecule has 0 heterocycles. The Bertz CT molecular complexity index is 620. The highest BCUT2D eigenvalue weighted by atomic mass is 19.1. The molecule has 0 saturated heterocycles. The number of unbranched alkanes of at least 4 members (excludes halogenated alkanes) is 12. The summed E-state index contributed by atoms with van der Waals surface area (Å²) in [6.45, 7) is 3.40. The van der Waals surface area contributed by atoms with E-state index in [4.69, 9.17) is 14.2 Å². The average Bonchev–Trinajstić information content (AvgIpc) is 2.85. The van der Waals surface area contributed by atoms with Crippen LogP contribution in [-0.4, -0.2) is 38.1 Å². The molecule has 0 radical (unpaired) electrons. The summed E-state index contributed by atoms with van der Waals surface area (Å²) in [7, 11) is 1.44. The quantitative estimate of drug-likeness (QED) is 0.128. The van der Waals surface area contributed by atoms with E-state index in [0.29, 0.717) is 18.8 Å². The van der Waals surface area contributed by atoms with Crippen LogP contribution in [0.1, 0.15) is 102 Å². The number of hydrogen-bond donors (Lipinski definition) is 1. The molecule has 0 aromatic heterocycles. The number of methoxy groups -OCH3 is 1. The highest BCUT2D eigenvalue weighted by molar-refractivity contribution is 5.28. The van der Waals surface area contributed by atoms with Gasteiger partial charge in [0.1, 0.15) is 6.10 Å². The number of ether oxygens (including phenoxy) is 3. The van der Waals surface area contributed by atoms with Gasteiger partial charge in [-0.3, -0.25) is 0 Å². The van der Waals surface area contributed by atoms with E-state index in [1.54, 1.807) is 12.1 Å². The molecule has 0 fully saturated rings. The number of allylic oxidation sites excluding steroid dienone is 2. The Morgan fingerprint density at radius 1 is 0.882 bits per heavy atom. The Kier molecular flexibility index (Phi) is 19.9. The highest BCUT2D eigenvalue weighted by Crippen LogP contribution is 2.18. The summed E-state index contributed by atoms with van der Waals surface area (Å²) in [5.41, 5.74) is 0.699. The summed E-state index contributed by atoms with van der Waals surface area (Å²) in [5, 5.41) is 9.48. The van der Waals surface area contributed by atoms with Gasteiger partial charge in [0.05, 0.1) is 26.9 Å². The molecule has 1 rings (SSSR count). The van der Waals surface area contributed by atoms with Gasteiger partial charge in [0.2, 0.25) is 0 Å². The molecule has 1 aromatic carbocycles. The Morgan fingerprint density at radius 3 is 2.09 bits per heavy atom. The van der Waals surface area contributed by atoms with Crippen molar-refractivity contribution in [1.29, 1.82) is 0 Å². The predicted octanol–water partition coefficient (Wildman–Crippen LogP) is 7.77. The largest absolute Gasteiger partial charge is 0.494 e. The van der Waals surface area contributed by atoms with Crippen LogP contribution >= 0.6 is 0 Å². The Labute approximate surface area is 207 Å². The van der Waals surface area contributed by atoms with Gasteiger partial charge in [-0.1, -0.05) is 82.9 Å². The second-order valence-electron chi connectivity index (χ2n) is 9.10. The molecule has 0 aliphatic carbocycles. The third-order valence-corrected chi connectivity index (χ3v) is 6.01. The highest BCUT2D eigenvalue weighted by Gasteiger charge is 2.10. The van der Waals surface area contributed by atoms with E-state index in [9.17, 15) is 9.50 Å². The third kappa shape index (κ3) is 16.2. The molecule has 1 atom stereocenters. The monoisotopic (exact) mass is 480 g/mol. The van der Waals surface area contributed by atoms with Crippen molar-refractivity contribution in [2.75, 3.05) is 26.9 Å². The zero-order chi connectivity index (χ0) is 24.7. The fourth-order valence-corrected chi connectivity index (χ4v) is 3.83. The van der Waals surface area contributed by atoms with Crippen molar-refractivity contribution < 1.29 is 23.7 Å². The Hall–Kier alpha value is -1.43. The molecule has 0 amide bonds. The number of aliphatic hydroxyl groups is 1. The minimum Gasteiger partial charge on any atom is -0.494 e. The summed E-state index contributed by atoms with van der Waals surface area (Å²) in [6.07, 6.45) is 22.3. The normalized spacial score (nSPS) is 12.5. The molecule has 0 bridgehead atoms. The Morgan fingerprint density at radius 2 is 1.50 bits per heavy atom. The molecule has 0 spiro atoms. The molecule has 0 aliphatic heterocycles. The SMILES string of the molecule is CCCCCCCC/C=C\CCCCCCCCOCC(CO)OCc1ccc(OC)c(F)c1. The maximum atomic E-state index is 13.7. The summed E-state index contributed by atoms with van der Waals surface area (Å²) in [6, 6.07) is 4.72. The summed E-state index contributed by atoms with van der Waals surface area (Å²) < 4.78 is 30.0. The van der Waals surface area contributed by atoms with E-state index in [0.717, 1.165) is 6.42 Å². The van der Waals surface area contributed by atoms with Crippen molar-refractivity contribution >= 4 is 0 Å². The third-order valence-electron chi connectivity index (χ3n) is 6.01. The smallest absolute Gasteiger partial charge is 0.165 e. The lowest BCUT2D eigenvalue weighted by atomic mass is 10.1. The lowest BCUT2D eigenvalue weighted by Gasteiger charge is -2.16. The molecule has 1 N–H and O–H groups in total. The zero-order valence-corrected chi connectivity index (χ0v) is 21.7. The van der Waals surface area contributed by atoms with Crippen LogP contribution in [0.2, 0.25) is 0 Å². The fourth-order valence-electron chi connectivity index (χ4n) is 3.83. The van der Waals surface area contributed by atoms with Crippen LogP contribution in [0.4, 0.5) is 4.39 Å². The number of hydrogen-bond acceptors (Lipinski definition) is 4. The zero-order valence-electron chi connectivity index (χ0n) is 21.7. The molecule has 196 valence electrons. The van der Waals surface area contributed by atoms with Crippen LogP contribution in [0, 0.1) is 5.82 Å². The van der Waals surface area contributed by atoms with Gasteiger partial charge in [-0.25, -0.2) is 4.39 Å². The summed E-state index contributed by atoms with van der Waals surface area (Å²) in [4.78, 5) is 0. The van der Waals surface area contributed by atoms with E-state index in [1.165, 1.54) is 96.6 Å². The van der Waals surface area contributed by atoms with Crippen molar-refractivity contribution in [3.63, 3.8) is 0 Å². The van der Waals surface area contributed by atoms with Crippen molar-refractivity contribution in [1.82, 2.24) is 0 Å². The number of rotatable bonds is 23. The second-order valence-corrected chi connectivity index (χ2v) is 9.10. The molecular formula is C29H49FO4. The second kappa shape index (κ2) is 22.1. The number of aliphatic hydroxyl groups excluding tert-OH is 1. The average molecular weight is 481 g/mol. The van der Waals surface area contributed by atoms with Gasteiger partial charge in [-0.05, 0) is 49.8 Å². The van der Waals surface area contributed by atoms with Crippen molar-refractivity contribution in [3.8, 4) is 5.75 Å². The van der Waals surface area contributed by atoms with Crippen LogP contribution < -0.4 is 4.74 Å². The van der Waals surface area contributed by atoms with Gasteiger partial charge in [0.15, 0.2) is 11.6 Å². The van der Waals surface area contributed by atoms with E-state index < -0.39 is 11.9 Å². The van der Waals surface area contributed by atoms with Gasteiger partial charge in [-0.15, -0.1) is 0 Å². The van der Waals surface area contributed by atoms with Crippen LogP contribution in [0.3, 0.4) is 0 Å². The molecule has 0 aliphatic rings. The topological polar surface area (TPSA) is 47.9 Å². The Balaban J connectivity index is 1.91. The van der Waals surface area contributed by atoms with Crippen LogP contribution in [-0.2, 0) is 16.1 Å². The molecule has 34 heavy (non-hydrogen) atoms. The van der Waals surface area contributed by atoms with Crippen molar-refractivity contribution in [3.05, 3.63) is 41.7 Å². The van der Waals surface area contributed by atoms with Crippen LogP contribution in [0.15, 0.2) is 30.4 Å². The van der Waals surface area contributed by atoms with Gasteiger partial charge in [0, 0.05) is 6.61 Å². The maximum Gasteiger partial charge on any atom is 0.165 e. The molecule has 1 aromatic rings. The lowest BCUT2D eigenvalue weighted by molar-refractivity contribution is -0.0503. The summed E-state index contributed by atoms with van der Waals surface area (Å²) >= 11 is 0. The predicted molar refractivity (Wildman–Crippen MR) is 139 cm³/mol. The van der Waals surface area contributed by atoms with E-state index in [1.807, 2.05) is 0 Å².